The summed E-state index contributed by atoms with van der Waals surface area (Å²) in [6.07, 6.45) is 0.348. The Bertz CT molecular complexity index is 401. The summed E-state index contributed by atoms with van der Waals surface area (Å²) in [4.78, 5) is 21.9. The predicted octanol–water partition coefficient (Wildman–Crippen LogP) is 2.77. The molecule has 17 heavy (non-hydrogen) atoms. The second-order valence-corrected chi connectivity index (χ2v) is 4.41. The van der Waals surface area contributed by atoms with E-state index in [0.717, 1.165) is 11.3 Å². The van der Waals surface area contributed by atoms with E-state index in [1.807, 2.05) is 12.1 Å². The van der Waals surface area contributed by atoms with E-state index in [2.05, 4.69) is 0 Å². The molecule has 92 valence electrons. The smallest absolute Gasteiger partial charge is 0.225 e. The summed E-state index contributed by atoms with van der Waals surface area (Å²) >= 11 is 10.7. The molecule has 1 aromatic rings. The Kier molecular flexibility index (Phi) is 5.45. The van der Waals surface area contributed by atoms with E-state index in [-0.39, 0.29) is 6.42 Å². The van der Waals surface area contributed by atoms with Gasteiger partial charge in [0.05, 0.1) is 7.11 Å². The van der Waals surface area contributed by atoms with Gasteiger partial charge in [-0.25, -0.2) is 0 Å². The molecule has 0 fully saturated rings. The van der Waals surface area contributed by atoms with E-state index in [1.54, 1.807) is 19.2 Å². The Morgan fingerprint density at radius 3 is 2.24 bits per heavy atom. The molecule has 0 spiro atoms. The van der Waals surface area contributed by atoms with Gasteiger partial charge in [0.25, 0.3) is 0 Å². The molecule has 0 radical (unpaired) electrons. The first-order valence-electron chi connectivity index (χ1n) is 5.03. The lowest BCUT2D eigenvalue weighted by molar-refractivity contribution is -0.119. The molecule has 5 heteroatoms. The molecule has 0 aliphatic rings. The van der Waals surface area contributed by atoms with Gasteiger partial charge < -0.3 is 4.74 Å². The van der Waals surface area contributed by atoms with Gasteiger partial charge in [-0.3, -0.25) is 9.59 Å². The van der Waals surface area contributed by atoms with E-state index in [9.17, 15) is 9.59 Å². The van der Waals surface area contributed by atoms with Gasteiger partial charge in [0, 0.05) is 12.3 Å². The minimum absolute atomic E-state index is 0.0457. The number of rotatable bonds is 6. The van der Waals surface area contributed by atoms with E-state index in [1.165, 1.54) is 0 Å². The third kappa shape index (κ3) is 4.75. The van der Waals surface area contributed by atoms with Crippen LogP contribution < -0.4 is 4.74 Å². The summed E-state index contributed by atoms with van der Waals surface area (Å²) in [7, 11) is 1.58. The summed E-state index contributed by atoms with van der Waals surface area (Å²) in [5, 5.41) is -1.10. The van der Waals surface area contributed by atoms with Crippen LogP contribution in [0.25, 0.3) is 0 Å². The molecular formula is C12H12Cl2O3. The van der Waals surface area contributed by atoms with Crippen molar-refractivity contribution in [1.82, 2.24) is 0 Å². The molecule has 1 aromatic carbocycles. The number of ether oxygens (including phenoxy) is 1. The van der Waals surface area contributed by atoms with Crippen molar-refractivity contribution >= 4 is 33.7 Å². The van der Waals surface area contributed by atoms with Crippen molar-refractivity contribution in [3.8, 4) is 5.75 Å². The van der Waals surface area contributed by atoms with Gasteiger partial charge >= 0.3 is 0 Å². The quantitative estimate of drug-likeness (QED) is 0.750. The van der Waals surface area contributed by atoms with Crippen LogP contribution in [-0.2, 0) is 16.0 Å². The van der Waals surface area contributed by atoms with Crippen molar-refractivity contribution < 1.29 is 14.3 Å². The number of carbonyl (C=O) groups is 2. The molecule has 0 N–H and O–H groups in total. The standard InChI is InChI=1S/C12H12Cl2O3/c1-17-10-4-2-8(3-5-10)6-9(12(14)16)7-11(13)15/h2-5,9H,6-7H2,1H3. The van der Waals surface area contributed by atoms with E-state index in [0.29, 0.717) is 6.42 Å². The Labute approximate surface area is 110 Å². The molecule has 0 heterocycles. The lowest BCUT2D eigenvalue weighted by atomic mass is 9.98. The number of carbonyl (C=O) groups excluding carboxylic acids is 2. The lowest BCUT2D eigenvalue weighted by Crippen LogP contribution is -2.14. The molecule has 0 amide bonds. The van der Waals surface area contributed by atoms with Crippen molar-refractivity contribution in [2.75, 3.05) is 7.11 Å². The van der Waals surface area contributed by atoms with E-state index < -0.39 is 16.4 Å². The van der Waals surface area contributed by atoms with Gasteiger partial charge in [0.15, 0.2) is 0 Å². The maximum Gasteiger partial charge on any atom is 0.225 e. The van der Waals surface area contributed by atoms with Crippen molar-refractivity contribution in [2.45, 2.75) is 12.8 Å². The Balaban J connectivity index is 2.71. The van der Waals surface area contributed by atoms with Gasteiger partial charge in [0.2, 0.25) is 10.5 Å². The Morgan fingerprint density at radius 1 is 1.24 bits per heavy atom. The zero-order valence-corrected chi connectivity index (χ0v) is 10.8. The average Bonchev–Trinajstić information content (AvgIpc) is 2.28. The van der Waals surface area contributed by atoms with Gasteiger partial charge in [-0.05, 0) is 47.3 Å². The van der Waals surface area contributed by atoms with Gasteiger partial charge in [0.1, 0.15) is 5.75 Å². The van der Waals surface area contributed by atoms with Crippen LogP contribution in [0.4, 0.5) is 0 Å². The fourth-order valence-electron chi connectivity index (χ4n) is 1.47. The molecule has 3 nitrogen and oxygen atoms in total. The second kappa shape index (κ2) is 6.62. The molecule has 1 unspecified atom stereocenters. The highest BCUT2D eigenvalue weighted by Gasteiger charge is 2.19. The highest BCUT2D eigenvalue weighted by Crippen LogP contribution is 2.19. The summed E-state index contributed by atoms with van der Waals surface area (Å²) in [5.41, 5.74) is 0.905. The monoisotopic (exact) mass is 274 g/mol. The maximum absolute atomic E-state index is 11.1. The molecule has 0 bridgehead atoms. The predicted molar refractivity (Wildman–Crippen MR) is 66.5 cm³/mol. The van der Waals surface area contributed by atoms with E-state index >= 15 is 0 Å². The topological polar surface area (TPSA) is 43.4 Å². The fraction of sp³-hybridized carbons (Fsp3) is 0.333. The van der Waals surface area contributed by atoms with Crippen LogP contribution in [0, 0.1) is 5.92 Å². The SMILES string of the molecule is COc1ccc(CC(CC(=O)Cl)C(=O)Cl)cc1. The van der Waals surface area contributed by atoms with Gasteiger partial charge in [-0.2, -0.15) is 0 Å². The molecule has 0 aliphatic carbocycles. The van der Waals surface area contributed by atoms with Crippen LogP contribution in [0.1, 0.15) is 12.0 Å². The van der Waals surface area contributed by atoms with Gasteiger partial charge in [-0.15, -0.1) is 0 Å². The van der Waals surface area contributed by atoms with Crippen molar-refractivity contribution in [3.05, 3.63) is 29.8 Å². The number of halogens is 2. The van der Waals surface area contributed by atoms with E-state index in [4.69, 9.17) is 27.9 Å². The molecule has 0 saturated carbocycles. The summed E-state index contributed by atoms with van der Waals surface area (Å²) in [6, 6.07) is 7.22. The number of benzene rings is 1. The van der Waals surface area contributed by atoms with Crippen LogP contribution in [-0.4, -0.2) is 17.6 Å². The van der Waals surface area contributed by atoms with Crippen LogP contribution in [0.15, 0.2) is 24.3 Å². The Morgan fingerprint density at radius 2 is 1.82 bits per heavy atom. The molecule has 0 saturated heterocycles. The highest BCUT2D eigenvalue weighted by atomic mass is 35.5. The first-order valence-corrected chi connectivity index (χ1v) is 5.79. The molecule has 0 aliphatic heterocycles. The molecular weight excluding hydrogens is 263 g/mol. The number of hydrogen-bond acceptors (Lipinski definition) is 3. The first-order chi connectivity index (χ1) is 8.02. The van der Waals surface area contributed by atoms with Crippen molar-refractivity contribution in [3.63, 3.8) is 0 Å². The number of methoxy groups -OCH3 is 1. The Hall–Kier alpha value is -1.06. The van der Waals surface area contributed by atoms with Gasteiger partial charge in [-0.1, -0.05) is 12.1 Å². The van der Waals surface area contributed by atoms with Crippen molar-refractivity contribution in [1.29, 1.82) is 0 Å². The molecule has 1 rings (SSSR count). The van der Waals surface area contributed by atoms with Crippen LogP contribution in [0.3, 0.4) is 0 Å². The van der Waals surface area contributed by atoms with Crippen molar-refractivity contribution in [2.24, 2.45) is 5.92 Å². The van der Waals surface area contributed by atoms with Crippen LogP contribution in [0.5, 0.6) is 5.75 Å². The maximum atomic E-state index is 11.1. The highest BCUT2D eigenvalue weighted by molar-refractivity contribution is 6.66. The summed E-state index contributed by atoms with van der Waals surface area (Å²) in [5.74, 6) is 0.158. The van der Waals surface area contributed by atoms with Crippen LogP contribution >= 0.6 is 23.2 Å². The fourth-order valence-corrected chi connectivity index (χ4v) is 1.81. The zero-order chi connectivity index (χ0) is 12.8. The zero-order valence-electron chi connectivity index (χ0n) is 9.28. The normalized spacial score (nSPS) is 11.9. The minimum atomic E-state index is -0.574. The van der Waals surface area contributed by atoms with Crippen LogP contribution in [0.2, 0.25) is 0 Å². The molecule has 0 aromatic heterocycles. The number of hydrogen-bond donors (Lipinski definition) is 0. The summed E-state index contributed by atoms with van der Waals surface area (Å²) in [6.45, 7) is 0. The average molecular weight is 275 g/mol. The lowest BCUT2D eigenvalue weighted by Gasteiger charge is -2.10. The third-order valence-electron chi connectivity index (χ3n) is 2.37. The molecule has 1 atom stereocenters. The largest absolute Gasteiger partial charge is 0.497 e. The third-order valence-corrected chi connectivity index (χ3v) is 2.83. The second-order valence-electron chi connectivity index (χ2n) is 3.61. The first kappa shape index (κ1) is 14.0. The summed E-state index contributed by atoms with van der Waals surface area (Å²) < 4.78 is 5.02. The minimum Gasteiger partial charge on any atom is -0.497 e.